The Morgan fingerprint density at radius 1 is 1.09 bits per heavy atom. The maximum atomic E-state index is 13.2. The SMILES string of the molecule is C[C@@H](OC[C@@]1(c2ccccc2)C[C@@H](OC(N)=O)CN1)c1cc(C(F)(F)F)cc(C(F)(F)F)c1. The number of rotatable bonds is 6. The second kappa shape index (κ2) is 9.22. The normalized spacial score (nSPS) is 22.2. The van der Waals surface area contributed by atoms with E-state index < -0.39 is 47.3 Å². The van der Waals surface area contributed by atoms with E-state index in [0.717, 1.165) is 5.56 Å². The number of carbonyl (C=O) groups is 1. The molecule has 0 spiro atoms. The lowest BCUT2D eigenvalue weighted by Gasteiger charge is -2.31. The van der Waals surface area contributed by atoms with Crippen molar-refractivity contribution in [1.29, 1.82) is 0 Å². The highest BCUT2D eigenvalue weighted by Crippen LogP contribution is 2.39. The molecule has 1 amide bonds. The summed E-state index contributed by atoms with van der Waals surface area (Å²) in [6.45, 7) is 1.52. The molecule has 0 unspecified atom stereocenters. The van der Waals surface area contributed by atoms with Crippen LogP contribution < -0.4 is 11.1 Å². The third-order valence-electron chi connectivity index (χ3n) is 5.51. The van der Waals surface area contributed by atoms with E-state index in [1.807, 2.05) is 0 Å². The predicted octanol–water partition coefficient (Wildman–Crippen LogP) is 5.15. The van der Waals surface area contributed by atoms with Crippen molar-refractivity contribution >= 4 is 6.09 Å². The van der Waals surface area contributed by atoms with Crippen LogP contribution in [-0.4, -0.2) is 25.3 Å². The standard InChI is InChI=1S/C22H22F6N2O3/c1-13(14-7-16(21(23,24)25)9-17(8-14)22(26,27)28)32-12-20(15-5-3-2-4-6-15)10-18(11-30-20)33-19(29)31/h2-9,13,18,30H,10-12H2,1H3,(H2,29,31)/t13-,18-,20-/m1/s1. The summed E-state index contributed by atoms with van der Waals surface area (Å²) in [7, 11) is 0. The molecule has 1 aliphatic rings. The lowest BCUT2D eigenvalue weighted by Crippen LogP contribution is -2.41. The Labute approximate surface area is 185 Å². The summed E-state index contributed by atoms with van der Waals surface area (Å²) in [6.07, 6.45) is -12.3. The summed E-state index contributed by atoms with van der Waals surface area (Å²) in [5.41, 5.74) is 1.89. The molecule has 2 aromatic rings. The maximum Gasteiger partial charge on any atom is 0.416 e. The van der Waals surface area contributed by atoms with Crippen molar-refractivity contribution in [3.63, 3.8) is 0 Å². The van der Waals surface area contributed by atoms with Gasteiger partial charge in [-0.25, -0.2) is 4.79 Å². The van der Waals surface area contributed by atoms with Crippen molar-refractivity contribution in [2.75, 3.05) is 13.2 Å². The molecule has 0 radical (unpaired) electrons. The van der Waals surface area contributed by atoms with Gasteiger partial charge in [0.1, 0.15) is 6.10 Å². The van der Waals surface area contributed by atoms with Gasteiger partial charge in [-0.1, -0.05) is 30.3 Å². The zero-order valence-electron chi connectivity index (χ0n) is 17.5. The second-order valence-electron chi connectivity index (χ2n) is 7.88. The van der Waals surface area contributed by atoms with E-state index in [2.05, 4.69) is 5.32 Å². The van der Waals surface area contributed by atoms with Gasteiger partial charge in [-0.2, -0.15) is 26.3 Å². The lowest BCUT2D eigenvalue weighted by atomic mass is 9.88. The third-order valence-corrected chi connectivity index (χ3v) is 5.51. The Bertz CT molecular complexity index is 948. The number of alkyl halides is 6. The van der Waals surface area contributed by atoms with Gasteiger partial charge in [-0.05, 0) is 36.2 Å². The highest BCUT2D eigenvalue weighted by Gasteiger charge is 2.43. The number of amides is 1. The van der Waals surface area contributed by atoms with Gasteiger partial charge in [-0.3, -0.25) is 0 Å². The number of benzene rings is 2. The van der Waals surface area contributed by atoms with Crippen LogP contribution in [0.4, 0.5) is 31.1 Å². The van der Waals surface area contributed by atoms with Crippen LogP contribution in [0.15, 0.2) is 48.5 Å². The molecule has 0 saturated carbocycles. The highest BCUT2D eigenvalue weighted by molar-refractivity contribution is 5.64. The molecule has 0 bridgehead atoms. The molecule has 180 valence electrons. The summed E-state index contributed by atoms with van der Waals surface area (Å²) >= 11 is 0. The number of ether oxygens (including phenoxy) is 2. The molecule has 0 aromatic heterocycles. The summed E-state index contributed by atoms with van der Waals surface area (Å²) in [6, 6.07) is 10.3. The molecular formula is C22H22F6N2O3. The maximum absolute atomic E-state index is 13.2. The fraction of sp³-hybridized carbons (Fsp3) is 0.409. The van der Waals surface area contributed by atoms with Gasteiger partial charge in [0, 0.05) is 13.0 Å². The Balaban J connectivity index is 1.87. The van der Waals surface area contributed by atoms with E-state index in [4.69, 9.17) is 15.2 Å². The van der Waals surface area contributed by atoms with Gasteiger partial charge in [0.2, 0.25) is 0 Å². The monoisotopic (exact) mass is 476 g/mol. The molecule has 1 saturated heterocycles. The van der Waals surface area contributed by atoms with E-state index >= 15 is 0 Å². The quantitative estimate of drug-likeness (QED) is 0.566. The summed E-state index contributed by atoms with van der Waals surface area (Å²) in [5, 5.41) is 3.20. The van der Waals surface area contributed by atoms with E-state index in [-0.39, 0.29) is 31.2 Å². The molecule has 1 fully saturated rings. The van der Waals surface area contributed by atoms with Crippen molar-refractivity contribution in [2.45, 2.75) is 43.4 Å². The van der Waals surface area contributed by atoms with Gasteiger partial charge in [0.25, 0.3) is 0 Å². The Hall–Kier alpha value is -2.79. The fourth-order valence-electron chi connectivity index (χ4n) is 3.84. The Morgan fingerprint density at radius 3 is 2.18 bits per heavy atom. The van der Waals surface area contributed by atoms with Gasteiger partial charge in [-0.15, -0.1) is 0 Å². The van der Waals surface area contributed by atoms with Crippen LogP contribution in [0.3, 0.4) is 0 Å². The topological polar surface area (TPSA) is 73.6 Å². The predicted molar refractivity (Wildman–Crippen MR) is 106 cm³/mol. The highest BCUT2D eigenvalue weighted by atomic mass is 19.4. The number of halogens is 6. The number of hydrogen-bond acceptors (Lipinski definition) is 4. The van der Waals surface area contributed by atoms with E-state index in [9.17, 15) is 31.1 Å². The average molecular weight is 476 g/mol. The summed E-state index contributed by atoms with van der Waals surface area (Å²) in [5.74, 6) is 0. The first-order valence-corrected chi connectivity index (χ1v) is 9.98. The molecule has 33 heavy (non-hydrogen) atoms. The number of nitrogens with two attached hydrogens (primary N) is 1. The molecule has 5 nitrogen and oxygen atoms in total. The van der Waals surface area contributed by atoms with Crippen LogP contribution in [0.2, 0.25) is 0 Å². The first-order valence-electron chi connectivity index (χ1n) is 9.98. The molecule has 3 rings (SSSR count). The zero-order chi connectivity index (χ0) is 24.4. The van der Waals surface area contributed by atoms with Crippen LogP contribution in [0.5, 0.6) is 0 Å². The minimum absolute atomic E-state index is 0.0754. The van der Waals surface area contributed by atoms with Crippen LogP contribution in [-0.2, 0) is 27.4 Å². The number of nitrogens with one attached hydrogen (secondary N) is 1. The Kier molecular flexibility index (Phi) is 6.94. The van der Waals surface area contributed by atoms with E-state index in [1.54, 1.807) is 30.3 Å². The van der Waals surface area contributed by atoms with Crippen LogP contribution in [0.25, 0.3) is 0 Å². The number of hydrogen-bond donors (Lipinski definition) is 2. The van der Waals surface area contributed by atoms with Crippen molar-refractivity contribution in [2.24, 2.45) is 5.73 Å². The molecule has 3 atom stereocenters. The molecule has 1 heterocycles. The van der Waals surface area contributed by atoms with Crippen LogP contribution in [0, 0.1) is 0 Å². The minimum Gasteiger partial charge on any atom is -0.445 e. The van der Waals surface area contributed by atoms with Gasteiger partial charge in [0.15, 0.2) is 0 Å². The van der Waals surface area contributed by atoms with Crippen molar-refractivity contribution < 1.29 is 40.6 Å². The summed E-state index contributed by atoms with van der Waals surface area (Å²) in [4.78, 5) is 11.1. The zero-order valence-corrected chi connectivity index (χ0v) is 17.5. The smallest absolute Gasteiger partial charge is 0.416 e. The minimum atomic E-state index is -4.95. The molecule has 2 aromatic carbocycles. The van der Waals surface area contributed by atoms with Crippen LogP contribution >= 0.6 is 0 Å². The first kappa shape index (κ1) is 24.8. The number of carbonyl (C=O) groups excluding carboxylic acids is 1. The fourth-order valence-corrected chi connectivity index (χ4v) is 3.84. The number of primary amides is 1. The molecular weight excluding hydrogens is 454 g/mol. The van der Waals surface area contributed by atoms with Gasteiger partial charge >= 0.3 is 18.4 Å². The largest absolute Gasteiger partial charge is 0.445 e. The van der Waals surface area contributed by atoms with Crippen molar-refractivity contribution in [3.05, 3.63) is 70.8 Å². The Morgan fingerprint density at radius 2 is 1.67 bits per heavy atom. The van der Waals surface area contributed by atoms with Gasteiger partial charge < -0.3 is 20.5 Å². The lowest BCUT2D eigenvalue weighted by molar-refractivity contribution is -0.143. The summed E-state index contributed by atoms with van der Waals surface area (Å²) < 4.78 is 90.0. The second-order valence-corrected chi connectivity index (χ2v) is 7.88. The van der Waals surface area contributed by atoms with Crippen LogP contribution in [0.1, 0.15) is 41.7 Å². The average Bonchev–Trinajstić information content (AvgIpc) is 3.14. The van der Waals surface area contributed by atoms with E-state index in [1.165, 1.54) is 6.92 Å². The molecule has 11 heteroatoms. The van der Waals surface area contributed by atoms with Crippen molar-refractivity contribution in [1.82, 2.24) is 5.32 Å². The van der Waals surface area contributed by atoms with Gasteiger partial charge in [0.05, 0.1) is 29.4 Å². The first-order chi connectivity index (χ1) is 15.3. The molecule has 3 N–H and O–H groups in total. The van der Waals surface area contributed by atoms with E-state index in [0.29, 0.717) is 12.1 Å². The molecule has 1 aliphatic heterocycles. The van der Waals surface area contributed by atoms with Crippen molar-refractivity contribution in [3.8, 4) is 0 Å². The molecule has 0 aliphatic carbocycles. The third kappa shape index (κ3) is 5.97.